The molecule has 1 aliphatic rings. The van der Waals surface area contributed by atoms with E-state index in [4.69, 9.17) is 10.5 Å². The van der Waals surface area contributed by atoms with E-state index < -0.39 is 6.10 Å². The number of amides is 1. The van der Waals surface area contributed by atoms with E-state index in [0.717, 1.165) is 17.0 Å². The molecule has 1 aromatic rings. The Labute approximate surface area is 127 Å². The number of benzene rings is 1. The van der Waals surface area contributed by atoms with Crippen LogP contribution in [0.2, 0.25) is 0 Å². The van der Waals surface area contributed by atoms with Crippen LogP contribution in [-0.2, 0) is 4.79 Å². The van der Waals surface area contributed by atoms with E-state index in [0.29, 0.717) is 18.4 Å². The number of hydrogen-bond donors (Lipinski definition) is 1. The molecule has 0 saturated carbocycles. The van der Waals surface area contributed by atoms with Crippen LogP contribution in [0.3, 0.4) is 0 Å². The third-order valence-corrected chi connectivity index (χ3v) is 3.84. The molecule has 2 N–H and O–H groups in total. The second kappa shape index (κ2) is 6.06. The van der Waals surface area contributed by atoms with E-state index in [1.165, 1.54) is 0 Å². The Bertz CT molecular complexity index is 526. The van der Waals surface area contributed by atoms with Crippen molar-refractivity contribution in [2.45, 2.75) is 46.8 Å². The molecule has 0 radical (unpaired) electrons. The average molecular weight is 290 g/mol. The predicted octanol–water partition coefficient (Wildman–Crippen LogP) is 3.11. The molecule has 2 unspecified atom stereocenters. The molecule has 4 heteroatoms. The molecule has 0 aromatic heterocycles. The molecule has 0 spiro atoms. The smallest absolute Gasteiger partial charge is 0.267 e. The van der Waals surface area contributed by atoms with Crippen molar-refractivity contribution in [3.63, 3.8) is 0 Å². The van der Waals surface area contributed by atoms with Gasteiger partial charge >= 0.3 is 0 Å². The van der Waals surface area contributed by atoms with Gasteiger partial charge in [-0.1, -0.05) is 33.8 Å². The third-order valence-electron chi connectivity index (χ3n) is 3.84. The first-order valence-corrected chi connectivity index (χ1v) is 7.68. The van der Waals surface area contributed by atoms with Gasteiger partial charge in [0.1, 0.15) is 5.75 Å². The van der Waals surface area contributed by atoms with Crippen LogP contribution in [0, 0.1) is 11.8 Å². The highest BCUT2D eigenvalue weighted by atomic mass is 16.5. The fourth-order valence-electron chi connectivity index (χ4n) is 2.57. The lowest BCUT2D eigenvalue weighted by atomic mass is 9.95. The third kappa shape index (κ3) is 3.21. The topological polar surface area (TPSA) is 55.6 Å². The molecule has 0 bridgehead atoms. The zero-order valence-electron chi connectivity index (χ0n) is 13.6. The van der Waals surface area contributed by atoms with Gasteiger partial charge in [-0.15, -0.1) is 0 Å². The number of anilines is 1. The highest BCUT2D eigenvalue weighted by Gasteiger charge is 2.32. The number of nitrogens with zero attached hydrogens (tertiary/aromatic N) is 1. The maximum Gasteiger partial charge on any atom is 0.267 e. The lowest BCUT2D eigenvalue weighted by Crippen LogP contribution is -2.46. The Morgan fingerprint density at radius 1 is 1.29 bits per heavy atom. The Balaban J connectivity index is 2.43. The zero-order valence-corrected chi connectivity index (χ0v) is 13.6. The standard InChI is InChI=1S/C17H26N2O2/c1-10(2)9-19-14-8-13(16(18)11(3)4)6-7-15(14)21-12(5)17(19)20/h6-8,10-12,16H,9,18H2,1-5H3. The van der Waals surface area contributed by atoms with Crippen molar-refractivity contribution in [1.82, 2.24) is 0 Å². The van der Waals surface area contributed by atoms with E-state index in [-0.39, 0.29) is 11.9 Å². The molecule has 1 aliphatic heterocycles. The van der Waals surface area contributed by atoms with E-state index >= 15 is 0 Å². The summed E-state index contributed by atoms with van der Waals surface area (Å²) in [6, 6.07) is 5.90. The van der Waals surface area contributed by atoms with Crippen molar-refractivity contribution in [1.29, 1.82) is 0 Å². The maximum absolute atomic E-state index is 12.4. The molecule has 2 atom stereocenters. The molecule has 1 amide bonds. The molecule has 4 nitrogen and oxygen atoms in total. The summed E-state index contributed by atoms with van der Waals surface area (Å²) in [7, 11) is 0. The van der Waals surface area contributed by atoms with E-state index in [1.807, 2.05) is 23.1 Å². The predicted molar refractivity (Wildman–Crippen MR) is 85.5 cm³/mol. The summed E-state index contributed by atoms with van der Waals surface area (Å²) in [6.45, 7) is 10.9. The second-order valence-electron chi connectivity index (χ2n) is 6.60. The quantitative estimate of drug-likeness (QED) is 0.927. The van der Waals surface area contributed by atoms with Crippen LogP contribution in [0.1, 0.15) is 46.2 Å². The number of fused-ring (bicyclic) bond motifs is 1. The molecule has 116 valence electrons. The Kier molecular flexibility index (Phi) is 4.57. The van der Waals surface area contributed by atoms with Crippen molar-refractivity contribution >= 4 is 11.6 Å². The summed E-state index contributed by atoms with van der Waals surface area (Å²) in [5, 5.41) is 0. The van der Waals surface area contributed by atoms with Gasteiger partial charge in [0.15, 0.2) is 6.10 Å². The average Bonchev–Trinajstić information content (AvgIpc) is 2.42. The van der Waals surface area contributed by atoms with Crippen LogP contribution >= 0.6 is 0 Å². The van der Waals surface area contributed by atoms with Crippen LogP contribution in [0.25, 0.3) is 0 Å². The molecule has 0 fully saturated rings. The molecule has 21 heavy (non-hydrogen) atoms. The summed E-state index contributed by atoms with van der Waals surface area (Å²) in [4.78, 5) is 14.2. The van der Waals surface area contributed by atoms with Gasteiger partial charge < -0.3 is 15.4 Å². The minimum Gasteiger partial charge on any atom is -0.479 e. The SMILES string of the molecule is CC(C)CN1C(=O)C(C)Oc2ccc(C(N)C(C)C)cc21. The number of nitrogens with two attached hydrogens (primary N) is 1. The monoisotopic (exact) mass is 290 g/mol. The molecule has 0 aliphatic carbocycles. The van der Waals surface area contributed by atoms with Crippen LogP contribution in [-0.4, -0.2) is 18.6 Å². The molecule has 2 rings (SSSR count). The van der Waals surface area contributed by atoms with Gasteiger partial charge in [-0.3, -0.25) is 4.79 Å². The summed E-state index contributed by atoms with van der Waals surface area (Å²) in [6.07, 6.45) is -0.430. The zero-order chi connectivity index (χ0) is 15.7. The van der Waals surface area contributed by atoms with Crippen LogP contribution in [0.4, 0.5) is 5.69 Å². The van der Waals surface area contributed by atoms with Gasteiger partial charge in [0.2, 0.25) is 0 Å². The molecule has 1 aromatic carbocycles. The largest absolute Gasteiger partial charge is 0.479 e. The summed E-state index contributed by atoms with van der Waals surface area (Å²) in [5.74, 6) is 1.53. The van der Waals surface area contributed by atoms with Crippen molar-refractivity contribution in [3.05, 3.63) is 23.8 Å². The molecular formula is C17H26N2O2. The maximum atomic E-state index is 12.4. The Morgan fingerprint density at radius 3 is 2.52 bits per heavy atom. The Hall–Kier alpha value is -1.55. The number of rotatable bonds is 4. The van der Waals surface area contributed by atoms with Crippen molar-refractivity contribution in [2.24, 2.45) is 17.6 Å². The van der Waals surface area contributed by atoms with Gasteiger partial charge in [0.05, 0.1) is 5.69 Å². The van der Waals surface area contributed by atoms with E-state index in [2.05, 4.69) is 27.7 Å². The first kappa shape index (κ1) is 15.8. The lowest BCUT2D eigenvalue weighted by molar-refractivity contribution is -0.125. The summed E-state index contributed by atoms with van der Waals surface area (Å²) in [5.41, 5.74) is 8.13. The fraction of sp³-hybridized carbons (Fsp3) is 0.588. The Morgan fingerprint density at radius 2 is 1.95 bits per heavy atom. The minimum atomic E-state index is -0.430. The second-order valence-corrected chi connectivity index (χ2v) is 6.60. The van der Waals surface area contributed by atoms with E-state index in [9.17, 15) is 4.79 Å². The van der Waals surface area contributed by atoms with Crippen molar-refractivity contribution in [2.75, 3.05) is 11.4 Å². The van der Waals surface area contributed by atoms with E-state index in [1.54, 1.807) is 6.92 Å². The van der Waals surface area contributed by atoms with Gasteiger partial charge in [-0.05, 0) is 36.5 Å². The highest BCUT2D eigenvalue weighted by Crippen LogP contribution is 2.37. The van der Waals surface area contributed by atoms with Crippen molar-refractivity contribution in [3.8, 4) is 5.75 Å². The summed E-state index contributed by atoms with van der Waals surface area (Å²) < 4.78 is 5.72. The fourth-order valence-corrected chi connectivity index (χ4v) is 2.57. The number of hydrogen-bond acceptors (Lipinski definition) is 3. The minimum absolute atomic E-state index is 0.0199. The van der Waals surface area contributed by atoms with Gasteiger partial charge in [-0.25, -0.2) is 0 Å². The first-order valence-electron chi connectivity index (χ1n) is 7.68. The van der Waals surface area contributed by atoms with Crippen LogP contribution in [0.15, 0.2) is 18.2 Å². The number of ether oxygens (including phenoxy) is 1. The van der Waals surface area contributed by atoms with Gasteiger partial charge in [0, 0.05) is 12.6 Å². The lowest BCUT2D eigenvalue weighted by Gasteiger charge is -2.34. The molecule has 0 saturated heterocycles. The summed E-state index contributed by atoms with van der Waals surface area (Å²) >= 11 is 0. The molecular weight excluding hydrogens is 264 g/mol. The number of carbonyl (C=O) groups excluding carboxylic acids is 1. The van der Waals surface area contributed by atoms with Crippen molar-refractivity contribution < 1.29 is 9.53 Å². The highest BCUT2D eigenvalue weighted by molar-refractivity contribution is 5.99. The first-order chi connectivity index (χ1) is 9.81. The van der Waals surface area contributed by atoms with Gasteiger partial charge in [0.25, 0.3) is 5.91 Å². The van der Waals surface area contributed by atoms with Crippen LogP contribution in [0.5, 0.6) is 5.75 Å². The normalized spacial score (nSPS) is 19.7. The molecule has 1 heterocycles. The van der Waals surface area contributed by atoms with Gasteiger partial charge in [-0.2, -0.15) is 0 Å². The number of carbonyl (C=O) groups is 1. The van der Waals surface area contributed by atoms with Crippen LogP contribution < -0.4 is 15.4 Å².